The Morgan fingerprint density at radius 2 is 0.673 bits per heavy atom. The predicted octanol–water partition coefficient (Wildman–Crippen LogP) is 15.9. The predicted molar refractivity (Wildman–Crippen MR) is 398 cm³/mol. The summed E-state index contributed by atoms with van der Waals surface area (Å²) in [6, 6.07) is 76.7. The number of benzene rings is 12. The molecule has 0 radical (unpaired) electrons. The largest absolute Gasteiger partial charge is 0.492 e. The molecule has 0 amide bonds. The maximum absolute atomic E-state index is 11.5. The maximum atomic E-state index is 11.5. The van der Waals surface area contributed by atoms with E-state index >= 15 is 0 Å². The highest BCUT2D eigenvalue weighted by Gasteiger charge is 2.23. The molecule has 0 bridgehead atoms. The summed E-state index contributed by atoms with van der Waals surface area (Å²) >= 11 is 0. The van der Waals surface area contributed by atoms with E-state index in [2.05, 4.69) is 252 Å². The van der Waals surface area contributed by atoms with E-state index in [9.17, 15) is 20.1 Å². The van der Waals surface area contributed by atoms with E-state index in [0.717, 1.165) is 39.2 Å². The molecule has 3 heterocycles. The van der Waals surface area contributed by atoms with Crippen LogP contribution in [-0.4, -0.2) is 131 Å². The number of ether oxygens (including phenoxy) is 6. The molecule has 0 spiro atoms. The summed E-state index contributed by atoms with van der Waals surface area (Å²) < 4.78 is 41.0. The molecule has 0 saturated heterocycles. The molecule has 0 saturated carbocycles. The second-order valence-electron chi connectivity index (χ2n) is 24.2. The number of aromatic nitrogens is 3. The van der Waals surface area contributed by atoms with Crippen LogP contribution in [0.2, 0.25) is 0 Å². The molecule has 0 aliphatic rings. The van der Waals surface area contributed by atoms with Crippen LogP contribution >= 0.6 is 0 Å². The Labute approximate surface area is 567 Å². The van der Waals surface area contributed by atoms with Gasteiger partial charge in [-0.3, -0.25) is 0 Å². The van der Waals surface area contributed by atoms with E-state index in [-0.39, 0.29) is 58.5 Å². The lowest BCUT2D eigenvalue weighted by Crippen LogP contribution is -2.28. The van der Waals surface area contributed by atoms with Gasteiger partial charge in [0.15, 0.2) is 0 Å². The molecular formula is C84H79N3O11. The van der Waals surface area contributed by atoms with Crippen molar-refractivity contribution in [2.24, 2.45) is 0 Å². The molecule has 3 atom stereocenters. The molecule has 15 aromatic rings. The van der Waals surface area contributed by atoms with Gasteiger partial charge in [0, 0.05) is 71.5 Å². The number of fused-ring (bicyclic) bond motifs is 21. The first-order valence-corrected chi connectivity index (χ1v) is 33.3. The van der Waals surface area contributed by atoms with Gasteiger partial charge in [0.05, 0.1) is 97.4 Å². The van der Waals surface area contributed by atoms with Gasteiger partial charge in [0.25, 0.3) is 0 Å². The summed E-state index contributed by atoms with van der Waals surface area (Å²) in [5, 5.41) is 59.7. The first-order valence-electron chi connectivity index (χ1n) is 33.3. The Morgan fingerprint density at radius 1 is 0.367 bits per heavy atom. The molecule has 3 unspecified atom stereocenters. The van der Waals surface area contributed by atoms with Crippen LogP contribution in [-0.2, 0) is 52.8 Å². The number of carbonyl (C=O) groups is 1. The number of allylic oxidation sites excluding steroid dienone is 1. The van der Waals surface area contributed by atoms with Crippen LogP contribution in [0, 0.1) is 0 Å². The van der Waals surface area contributed by atoms with Gasteiger partial charge < -0.3 is 62.5 Å². The van der Waals surface area contributed by atoms with Gasteiger partial charge in [-0.1, -0.05) is 202 Å². The van der Waals surface area contributed by atoms with Crippen LogP contribution < -0.4 is 0 Å². The summed E-state index contributed by atoms with van der Waals surface area (Å²) in [6.45, 7) is 14.3. The fourth-order valence-electron chi connectivity index (χ4n) is 13.9. The standard InChI is InChI=1S/C34H33NO5.C27H27NO4.C23H19NO2/c1-4-24(3)38-19-18-37-23-27(39-20-21-40-32(36)5-2)22-35-30-16-14-25-10-6-8-12-28(25)33(30)34-29-13-9-7-11-26(29)15-17-31(34)35;29-13-15-31-18-21(32-16-14-30)17-28-24-11-9-19-5-1-3-7-22(19)26(24)27-23-8-4-2-6-20(23)10-12-25(27)28;25-14-17(26)13-24-20-11-9-15-5-1-3-7-18(15)22(20)23-19-8-4-2-6-16(19)10-12-21(23)24/h4-17,27H,1-3,18-23H2;1-12,21,29-30H,13-18H2;1-12,17,25-26H,13-14H2. The average Bonchev–Trinajstić information content (AvgIpc) is 1.58. The van der Waals surface area contributed by atoms with Crippen LogP contribution in [0.5, 0.6) is 0 Å². The van der Waals surface area contributed by atoms with Crippen molar-refractivity contribution in [1.29, 1.82) is 0 Å². The SMILES string of the molecule is C=CC(=C)OCCOCC(Cn1c2ccc3ccccc3c2c2c3ccccc3ccc21)OCCOC(=O)C=C.OCC(O)Cn1c2ccc3ccccc3c2c2c3ccccc3ccc21.OCCOCC(Cn1c2ccc3ccccc3c2c2c3ccccc3ccc21)OCCO. The zero-order valence-corrected chi connectivity index (χ0v) is 54.7. The van der Waals surface area contributed by atoms with E-state index in [4.69, 9.17) is 33.5 Å². The minimum Gasteiger partial charge on any atom is -0.492 e. The van der Waals surface area contributed by atoms with E-state index in [0.29, 0.717) is 51.8 Å². The number of aliphatic hydroxyl groups is 4. The second kappa shape index (κ2) is 30.9. The van der Waals surface area contributed by atoms with Crippen molar-refractivity contribution >= 4 is 136 Å². The summed E-state index contributed by atoms with van der Waals surface area (Å²) in [4.78, 5) is 11.5. The zero-order valence-electron chi connectivity index (χ0n) is 54.7. The maximum Gasteiger partial charge on any atom is 0.330 e. The molecular weight excluding hydrogens is 1230 g/mol. The molecule has 4 N–H and O–H groups in total. The van der Waals surface area contributed by atoms with Crippen molar-refractivity contribution in [1.82, 2.24) is 13.7 Å². The van der Waals surface area contributed by atoms with Crippen molar-refractivity contribution < 1.29 is 53.6 Å². The van der Waals surface area contributed by atoms with Crippen molar-refractivity contribution in [2.45, 2.75) is 37.9 Å². The summed E-state index contributed by atoms with van der Waals surface area (Å²) in [7, 11) is 0. The van der Waals surface area contributed by atoms with Crippen molar-refractivity contribution in [2.75, 3.05) is 72.7 Å². The summed E-state index contributed by atoms with van der Waals surface area (Å²) in [5.41, 5.74) is 6.72. The first kappa shape index (κ1) is 66.4. The lowest BCUT2D eigenvalue weighted by molar-refractivity contribution is -0.140. The number of carbonyl (C=O) groups excluding carboxylic acids is 1. The number of aliphatic hydroxyl groups excluding tert-OH is 4. The smallest absolute Gasteiger partial charge is 0.330 e. The Bertz CT molecular complexity index is 5120. The summed E-state index contributed by atoms with van der Waals surface area (Å²) in [6.07, 6.45) is 1.37. The molecule has 12 aromatic carbocycles. The lowest BCUT2D eigenvalue weighted by atomic mass is 10.00. The van der Waals surface area contributed by atoms with Crippen molar-refractivity contribution in [3.63, 3.8) is 0 Å². The molecule has 14 heteroatoms. The Hall–Kier alpha value is -10.2. The van der Waals surface area contributed by atoms with Crippen molar-refractivity contribution in [3.05, 3.63) is 256 Å². The number of hydrogen-bond acceptors (Lipinski definition) is 11. The highest BCUT2D eigenvalue weighted by atomic mass is 16.6. The Kier molecular flexibility index (Phi) is 20.9. The molecule has 0 aliphatic heterocycles. The van der Waals surface area contributed by atoms with Crippen LogP contribution in [0.25, 0.3) is 130 Å². The minimum atomic E-state index is -0.785. The van der Waals surface area contributed by atoms with E-state index in [1.54, 1.807) is 6.08 Å². The monoisotopic (exact) mass is 1310 g/mol. The van der Waals surface area contributed by atoms with Gasteiger partial charge in [-0.15, -0.1) is 0 Å². The number of hydrogen-bond donors (Lipinski definition) is 4. The number of esters is 1. The van der Waals surface area contributed by atoms with E-state index in [1.807, 2.05) is 0 Å². The van der Waals surface area contributed by atoms with Gasteiger partial charge in [0.1, 0.15) is 19.0 Å². The second-order valence-corrected chi connectivity index (χ2v) is 24.2. The van der Waals surface area contributed by atoms with Crippen LogP contribution in [0.3, 0.4) is 0 Å². The van der Waals surface area contributed by atoms with Gasteiger partial charge >= 0.3 is 5.97 Å². The molecule has 14 nitrogen and oxygen atoms in total. The highest BCUT2D eigenvalue weighted by Crippen LogP contribution is 2.43. The molecule has 0 aliphatic carbocycles. The van der Waals surface area contributed by atoms with Gasteiger partial charge in [0.2, 0.25) is 0 Å². The fraction of sp³-hybridized carbons (Fsp3) is 0.202. The molecule has 496 valence electrons. The van der Waals surface area contributed by atoms with E-state index < -0.39 is 12.1 Å². The fourth-order valence-corrected chi connectivity index (χ4v) is 13.9. The van der Waals surface area contributed by atoms with Crippen LogP contribution in [0.15, 0.2) is 256 Å². The third-order valence-electron chi connectivity index (χ3n) is 18.2. The third kappa shape index (κ3) is 13.7. The quantitative estimate of drug-likeness (QED) is 0.0134. The third-order valence-corrected chi connectivity index (χ3v) is 18.2. The molecule has 3 aromatic heterocycles. The van der Waals surface area contributed by atoms with Gasteiger partial charge in [-0.05, 0) is 107 Å². The molecule has 0 fully saturated rings. The topological polar surface area (TPSA) is 168 Å². The number of nitrogens with zero attached hydrogens (tertiary/aromatic N) is 3. The van der Waals surface area contributed by atoms with Crippen molar-refractivity contribution in [3.8, 4) is 0 Å². The zero-order chi connectivity index (χ0) is 67.5. The number of rotatable bonds is 26. The van der Waals surface area contributed by atoms with E-state index in [1.165, 1.54) is 97.0 Å². The molecule has 98 heavy (non-hydrogen) atoms. The van der Waals surface area contributed by atoms with Crippen LogP contribution in [0.1, 0.15) is 0 Å². The van der Waals surface area contributed by atoms with Gasteiger partial charge in [-0.25, -0.2) is 4.79 Å². The lowest BCUT2D eigenvalue weighted by Gasteiger charge is -2.20. The Morgan fingerprint density at radius 3 is 0.990 bits per heavy atom. The average molecular weight is 1310 g/mol. The minimum absolute atomic E-state index is 0.0277. The van der Waals surface area contributed by atoms with Crippen LogP contribution in [0.4, 0.5) is 0 Å². The first-order chi connectivity index (χ1) is 48.2. The normalized spacial score (nSPS) is 12.7. The molecule has 15 rings (SSSR count). The highest BCUT2D eigenvalue weighted by molar-refractivity contribution is 6.30. The summed E-state index contributed by atoms with van der Waals surface area (Å²) in [5.74, 6) is 0.0299. The van der Waals surface area contributed by atoms with Gasteiger partial charge in [-0.2, -0.15) is 0 Å². The Balaban J connectivity index is 0.000000135.